The van der Waals surface area contributed by atoms with Crippen molar-refractivity contribution in [2.24, 2.45) is 5.41 Å². The van der Waals surface area contributed by atoms with Gasteiger partial charge < -0.3 is 25.3 Å². The van der Waals surface area contributed by atoms with Gasteiger partial charge in [-0.1, -0.05) is 0 Å². The Morgan fingerprint density at radius 3 is 2.08 bits per heavy atom. The van der Waals surface area contributed by atoms with Crippen LogP contribution in [0.2, 0.25) is 0 Å². The number of carboxylic acid groups (broad SMARTS) is 2. The summed E-state index contributed by atoms with van der Waals surface area (Å²) in [6.07, 6.45) is 2.94. The van der Waals surface area contributed by atoms with Gasteiger partial charge in [-0.2, -0.15) is 0 Å². The summed E-state index contributed by atoms with van der Waals surface area (Å²) in [7, 11) is 2.05. The molecule has 1 aliphatic rings. The molecule has 0 aromatic carbocycles. The molecule has 3 N–H and O–H groups in total. The van der Waals surface area contributed by atoms with Crippen LogP contribution in [0, 0.1) is 15.5 Å². The zero-order valence-electron chi connectivity index (χ0n) is 15.0. The molecule has 26 heavy (non-hydrogen) atoms. The molecule has 0 atom stereocenters. The van der Waals surface area contributed by atoms with Crippen LogP contribution in [0.1, 0.15) is 26.7 Å². The van der Waals surface area contributed by atoms with Gasteiger partial charge in [-0.05, 0) is 46.8 Å². The van der Waals surface area contributed by atoms with E-state index >= 15 is 0 Å². The quantitative estimate of drug-likeness (QED) is 0.319. The lowest BCUT2D eigenvalue weighted by molar-refractivity contribution is -0.760. The summed E-state index contributed by atoms with van der Waals surface area (Å²) in [6, 6.07) is 0.156. The van der Waals surface area contributed by atoms with Gasteiger partial charge in [-0.15, -0.1) is 10.1 Å². The summed E-state index contributed by atoms with van der Waals surface area (Å²) in [4.78, 5) is 47.7. The van der Waals surface area contributed by atoms with Gasteiger partial charge in [-0.3, -0.25) is 4.79 Å². The number of carbonyl (C=O) groups is 3. The van der Waals surface area contributed by atoms with Crippen LogP contribution in [0.3, 0.4) is 0 Å². The van der Waals surface area contributed by atoms with E-state index in [1.165, 1.54) is 0 Å². The molecule has 0 unspecified atom stereocenters. The number of nitrogens with zero attached hydrogens (tertiary/aromatic N) is 2. The molecule has 1 heterocycles. The van der Waals surface area contributed by atoms with Gasteiger partial charge in [0.15, 0.2) is 0 Å². The third kappa shape index (κ3) is 11.0. The minimum atomic E-state index is -1.26. The van der Waals surface area contributed by atoms with Gasteiger partial charge >= 0.3 is 11.9 Å². The first-order valence-corrected chi connectivity index (χ1v) is 7.85. The molecule has 0 aliphatic carbocycles. The Morgan fingerprint density at radius 1 is 1.23 bits per heavy atom. The number of amides is 1. The van der Waals surface area contributed by atoms with Crippen LogP contribution in [-0.4, -0.2) is 70.8 Å². The Hall–Kier alpha value is -2.69. The van der Waals surface area contributed by atoms with E-state index in [-0.39, 0.29) is 18.6 Å². The van der Waals surface area contributed by atoms with Crippen molar-refractivity contribution in [1.29, 1.82) is 0 Å². The SMILES string of the molecule is CN1CCC(NC(=O)C(C)(C)CO[N+](=O)[O-])CC1.O=C(O)/C=C/C(=O)O. The van der Waals surface area contributed by atoms with Crippen molar-refractivity contribution in [2.75, 3.05) is 26.7 Å². The Morgan fingerprint density at radius 2 is 1.69 bits per heavy atom. The molecule has 1 aliphatic heterocycles. The maximum absolute atomic E-state index is 12.0. The monoisotopic (exact) mass is 375 g/mol. The lowest BCUT2D eigenvalue weighted by Crippen LogP contribution is -2.48. The summed E-state index contributed by atoms with van der Waals surface area (Å²) < 4.78 is 0. The summed E-state index contributed by atoms with van der Waals surface area (Å²) in [5.74, 6) is -2.71. The fourth-order valence-corrected chi connectivity index (χ4v) is 1.96. The van der Waals surface area contributed by atoms with Gasteiger partial charge in [0, 0.05) is 18.2 Å². The maximum atomic E-state index is 12.0. The lowest BCUT2D eigenvalue weighted by Gasteiger charge is -2.32. The van der Waals surface area contributed by atoms with Gasteiger partial charge in [0.1, 0.15) is 6.61 Å². The van der Waals surface area contributed by atoms with E-state index in [2.05, 4.69) is 15.1 Å². The van der Waals surface area contributed by atoms with Crippen LogP contribution in [0.15, 0.2) is 12.2 Å². The number of hydrogen-bond donors (Lipinski definition) is 3. The molecule has 11 heteroatoms. The number of nitrogens with one attached hydrogen (secondary N) is 1. The molecular weight excluding hydrogens is 350 g/mol. The Labute approximate surface area is 150 Å². The van der Waals surface area contributed by atoms with Gasteiger partial charge in [-0.25, -0.2) is 9.59 Å². The highest BCUT2D eigenvalue weighted by Gasteiger charge is 2.31. The average Bonchev–Trinajstić information content (AvgIpc) is 2.54. The molecule has 0 bridgehead atoms. The van der Waals surface area contributed by atoms with Crippen molar-refractivity contribution in [3.8, 4) is 0 Å². The minimum Gasteiger partial charge on any atom is -0.478 e. The van der Waals surface area contributed by atoms with E-state index in [1.807, 2.05) is 7.05 Å². The van der Waals surface area contributed by atoms with Crippen LogP contribution in [0.4, 0.5) is 0 Å². The van der Waals surface area contributed by atoms with Gasteiger partial charge in [0.25, 0.3) is 5.09 Å². The molecule has 1 amide bonds. The van der Waals surface area contributed by atoms with Gasteiger partial charge in [0.2, 0.25) is 5.91 Å². The van der Waals surface area contributed by atoms with Crippen LogP contribution in [-0.2, 0) is 19.2 Å². The van der Waals surface area contributed by atoms with Crippen molar-refractivity contribution >= 4 is 17.8 Å². The first-order valence-electron chi connectivity index (χ1n) is 7.85. The van der Waals surface area contributed by atoms with Crippen molar-refractivity contribution in [3.63, 3.8) is 0 Å². The van der Waals surface area contributed by atoms with E-state index in [0.717, 1.165) is 25.9 Å². The number of aliphatic carboxylic acids is 2. The second kappa shape index (κ2) is 11.0. The van der Waals surface area contributed by atoms with E-state index in [9.17, 15) is 24.5 Å². The molecule has 11 nitrogen and oxygen atoms in total. The molecule has 1 rings (SSSR count). The molecule has 1 fully saturated rings. The van der Waals surface area contributed by atoms with E-state index < -0.39 is 22.4 Å². The van der Waals surface area contributed by atoms with E-state index in [4.69, 9.17) is 10.2 Å². The highest BCUT2D eigenvalue weighted by molar-refractivity contribution is 5.89. The fourth-order valence-electron chi connectivity index (χ4n) is 1.96. The number of rotatable bonds is 7. The second-order valence-corrected chi connectivity index (χ2v) is 6.44. The third-order valence-electron chi connectivity index (χ3n) is 3.57. The zero-order chi connectivity index (χ0) is 20.3. The largest absolute Gasteiger partial charge is 0.478 e. The van der Waals surface area contributed by atoms with Crippen LogP contribution < -0.4 is 5.32 Å². The summed E-state index contributed by atoms with van der Waals surface area (Å²) >= 11 is 0. The van der Waals surface area contributed by atoms with Crippen molar-refractivity contribution in [1.82, 2.24) is 10.2 Å². The highest BCUT2D eigenvalue weighted by Crippen LogP contribution is 2.18. The normalized spacial score (nSPS) is 15.7. The predicted octanol–water partition coefficient (Wildman–Crippen LogP) is 0.143. The summed E-state index contributed by atoms with van der Waals surface area (Å²) in [6.45, 7) is 4.97. The van der Waals surface area contributed by atoms with Crippen molar-refractivity contribution < 1.29 is 34.5 Å². The first-order chi connectivity index (χ1) is 11.9. The number of likely N-dealkylation sites (tertiary alicyclic amines) is 1. The van der Waals surface area contributed by atoms with Gasteiger partial charge in [0.05, 0.1) is 5.41 Å². The number of carboxylic acids is 2. The molecule has 0 aromatic rings. The van der Waals surface area contributed by atoms with Crippen LogP contribution in [0.25, 0.3) is 0 Å². The molecular formula is C15H25N3O8. The standard InChI is InChI=1S/C11H21N3O4.C4H4O4/c1-11(2,8-18-14(16)17)10(15)12-9-4-6-13(3)7-5-9;5-3(6)1-2-4(7)8/h9H,4-8H2,1-3H3,(H,12,15);1-2H,(H,5,6)(H,7,8)/b;2-1+. The lowest BCUT2D eigenvalue weighted by atomic mass is 9.92. The number of hydrogen-bond acceptors (Lipinski definition) is 7. The molecule has 0 aromatic heterocycles. The molecule has 148 valence electrons. The summed E-state index contributed by atoms with van der Waals surface area (Å²) in [5, 5.41) is 27.8. The maximum Gasteiger partial charge on any atom is 0.328 e. The number of piperidine rings is 1. The smallest absolute Gasteiger partial charge is 0.328 e. The van der Waals surface area contributed by atoms with E-state index in [1.54, 1.807) is 13.8 Å². The molecule has 0 saturated carbocycles. The molecule has 0 spiro atoms. The minimum absolute atomic E-state index is 0.156. The number of carbonyl (C=O) groups excluding carboxylic acids is 1. The first kappa shape index (κ1) is 23.3. The zero-order valence-corrected chi connectivity index (χ0v) is 15.0. The Bertz CT molecular complexity index is 523. The summed E-state index contributed by atoms with van der Waals surface area (Å²) in [5.41, 5.74) is -0.892. The van der Waals surface area contributed by atoms with Crippen molar-refractivity contribution in [2.45, 2.75) is 32.7 Å². The van der Waals surface area contributed by atoms with E-state index in [0.29, 0.717) is 12.2 Å². The topological polar surface area (TPSA) is 159 Å². The molecule has 0 radical (unpaired) electrons. The molecule has 1 saturated heterocycles. The van der Waals surface area contributed by atoms with Crippen LogP contribution >= 0.6 is 0 Å². The average molecular weight is 375 g/mol. The van der Waals surface area contributed by atoms with Crippen molar-refractivity contribution in [3.05, 3.63) is 22.3 Å². The highest BCUT2D eigenvalue weighted by atomic mass is 16.9. The fraction of sp³-hybridized carbons (Fsp3) is 0.667. The predicted molar refractivity (Wildman–Crippen MR) is 89.8 cm³/mol. The second-order valence-electron chi connectivity index (χ2n) is 6.44. The Balaban J connectivity index is 0.000000660. The van der Waals surface area contributed by atoms with Crippen LogP contribution in [0.5, 0.6) is 0 Å². The third-order valence-corrected chi connectivity index (χ3v) is 3.57. The Kier molecular flexibility index (Phi) is 9.89.